The van der Waals surface area contributed by atoms with Crippen LogP contribution in [0, 0.1) is 18.3 Å². The Balaban J connectivity index is 1.75. The van der Waals surface area contributed by atoms with Gasteiger partial charge in [0.25, 0.3) is 0 Å². The molecule has 1 aromatic heterocycles. The molecular weight excluding hydrogens is 454 g/mol. The number of benzene rings is 1. The third kappa shape index (κ3) is 4.92. The molecule has 0 saturated heterocycles. The van der Waals surface area contributed by atoms with Gasteiger partial charge in [-0.15, -0.1) is 0 Å². The van der Waals surface area contributed by atoms with Crippen molar-refractivity contribution < 1.29 is 14.0 Å². The van der Waals surface area contributed by atoms with Crippen LogP contribution in [-0.4, -0.2) is 17.6 Å². The molecule has 0 unspecified atom stereocenters. The van der Waals surface area contributed by atoms with Crippen LogP contribution in [0.25, 0.3) is 0 Å². The number of carbonyl (C=O) groups excluding carboxylic acids is 2. The second-order valence-corrected chi connectivity index (χ2v) is 8.52. The van der Waals surface area contributed by atoms with Crippen molar-refractivity contribution in [2.24, 2.45) is 0 Å². The number of allylic oxidation sites excluding steroid dienone is 1. The maximum Gasteiger partial charge on any atom is 0.234 e. The van der Waals surface area contributed by atoms with Crippen LogP contribution in [0.2, 0.25) is 0 Å². The summed E-state index contributed by atoms with van der Waals surface area (Å²) < 4.78 is 6.37. The van der Waals surface area contributed by atoms with Gasteiger partial charge in [0.2, 0.25) is 11.8 Å². The largest absolute Gasteiger partial charge is 0.469 e. The molecule has 8 heteroatoms. The van der Waals surface area contributed by atoms with Gasteiger partial charge in [0.1, 0.15) is 5.76 Å². The van der Waals surface area contributed by atoms with Gasteiger partial charge in [0.15, 0.2) is 0 Å². The summed E-state index contributed by atoms with van der Waals surface area (Å²) in [5.41, 5.74) is 3.22. The Morgan fingerprint density at radius 3 is 2.93 bits per heavy atom. The molecule has 0 bridgehead atoms. The normalized spacial score (nSPS) is 16.3. The Morgan fingerprint density at radius 2 is 2.28 bits per heavy atom. The monoisotopic (exact) mass is 473 g/mol. The minimum atomic E-state index is -0.435. The van der Waals surface area contributed by atoms with Gasteiger partial charge in [0.05, 0.1) is 34.6 Å². The van der Waals surface area contributed by atoms with Crippen molar-refractivity contribution in [2.75, 3.05) is 11.1 Å². The standard InChI is InChI=1S/C21H20BrN3O3S/c1-3-13-8-14(22)7-12(2)20(13)24-19(27)11-29-21-16(10-23)15(9-18(26)25-21)17-5-4-6-28-17/h4-8,15H,3,9,11H2,1-2H3,(H,24,27)(H,25,26)/t15-/m0/s1. The van der Waals surface area contributed by atoms with Gasteiger partial charge in [-0.2, -0.15) is 5.26 Å². The summed E-state index contributed by atoms with van der Waals surface area (Å²) >= 11 is 4.62. The predicted octanol–water partition coefficient (Wildman–Crippen LogP) is 4.62. The zero-order valence-corrected chi connectivity index (χ0v) is 18.4. The Labute approximate surface area is 181 Å². The highest BCUT2D eigenvalue weighted by atomic mass is 79.9. The summed E-state index contributed by atoms with van der Waals surface area (Å²) in [6.07, 6.45) is 2.45. The van der Waals surface area contributed by atoms with Crippen LogP contribution >= 0.6 is 27.7 Å². The quantitative estimate of drug-likeness (QED) is 0.637. The van der Waals surface area contributed by atoms with Crippen molar-refractivity contribution in [2.45, 2.75) is 32.6 Å². The highest BCUT2D eigenvalue weighted by Crippen LogP contribution is 2.36. The summed E-state index contributed by atoms with van der Waals surface area (Å²) in [5.74, 6) is -0.198. The van der Waals surface area contributed by atoms with E-state index in [1.807, 2.05) is 26.0 Å². The Kier molecular flexibility index (Phi) is 6.83. The van der Waals surface area contributed by atoms with Crippen LogP contribution in [-0.2, 0) is 16.0 Å². The predicted molar refractivity (Wildman–Crippen MR) is 116 cm³/mol. The van der Waals surface area contributed by atoms with E-state index in [0.29, 0.717) is 16.4 Å². The van der Waals surface area contributed by atoms with E-state index < -0.39 is 5.92 Å². The van der Waals surface area contributed by atoms with Crippen molar-refractivity contribution in [1.29, 1.82) is 5.26 Å². The lowest BCUT2D eigenvalue weighted by atomic mass is 9.92. The van der Waals surface area contributed by atoms with Crippen LogP contribution in [0.15, 0.2) is 50.0 Å². The topological polar surface area (TPSA) is 95.1 Å². The molecule has 1 aliphatic heterocycles. The van der Waals surface area contributed by atoms with Crippen molar-refractivity contribution >= 4 is 45.2 Å². The molecule has 0 spiro atoms. The van der Waals surface area contributed by atoms with Gasteiger partial charge in [-0.05, 0) is 48.7 Å². The third-order valence-corrected chi connectivity index (χ3v) is 6.09. The molecule has 0 aliphatic carbocycles. The summed E-state index contributed by atoms with van der Waals surface area (Å²) in [6, 6.07) is 9.58. The number of anilines is 1. The molecule has 0 fully saturated rings. The third-order valence-electron chi connectivity index (χ3n) is 4.62. The molecule has 2 heterocycles. The second kappa shape index (κ2) is 9.33. The van der Waals surface area contributed by atoms with Crippen molar-refractivity contribution in [3.8, 4) is 6.07 Å². The number of furan rings is 1. The van der Waals surface area contributed by atoms with E-state index >= 15 is 0 Å². The van der Waals surface area contributed by atoms with E-state index in [1.54, 1.807) is 12.1 Å². The Hall–Kier alpha value is -2.50. The number of aryl methyl sites for hydroxylation is 2. The Morgan fingerprint density at radius 1 is 1.48 bits per heavy atom. The molecule has 29 heavy (non-hydrogen) atoms. The van der Waals surface area contributed by atoms with Gasteiger partial charge >= 0.3 is 0 Å². The van der Waals surface area contributed by atoms with Gasteiger partial charge < -0.3 is 15.1 Å². The van der Waals surface area contributed by atoms with E-state index in [1.165, 1.54) is 6.26 Å². The van der Waals surface area contributed by atoms with E-state index in [0.717, 1.165) is 39.5 Å². The lowest BCUT2D eigenvalue weighted by Crippen LogP contribution is -2.31. The number of amides is 2. The van der Waals surface area contributed by atoms with E-state index in [-0.39, 0.29) is 24.0 Å². The number of halogens is 1. The maximum absolute atomic E-state index is 12.6. The van der Waals surface area contributed by atoms with Crippen LogP contribution in [0.1, 0.15) is 36.1 Å². The minimum Gasteiger partial charge on any atom is -0.469 e. The lowest BCUT2D eigenvalue weighted by molar-refractivity contribution is -0.121. The molecule has 2 aromatic rings. The second-order valence-electron chi connectivity index (χ2n) is 6.62. The highest BCUT2D eigenvalue weighted by molar-refractivity contribution is 9.10. The molecule has 2 amide bonds. The van der Waals surface area contributed by atoms with Crippen molar-refractivity contribution in [1.82, 2.24) is 5.32 Å². The number of carbonyl (C=O) groups is 2. The average Bonchev–Trinajstić information content (AvgIpc) is 3.22. The molecule has 0 saturated carbocycles. The molecule has 150 valence electrons. The molecule has 0 radical (unpaired) electrons. The van der Waals surface area contributed by atoms with E-state index in [4.69, 9.17) is 4.42 Å². The summed E-state index contributed by atoms with van der Waals surface area (Å²) in [5, 5.41) is 15.7. The molecule has 1 atom stereocenters. The number of rotatable bonds is 6. The minimum absolute atomic E-state index is 0.0737. The van der Waals surface area contributed by atoms with Crippen LogP contribution in [0.4, 0.5) is 5.69 Å². The number of nitrogens with zero attached hydrogens (tertiary/aromatic N) is 1. The summed E-state index contributed by atoms with van der Waals surface area (Å²) in [4.78, 5) is 24.7. The summed E-state index contributed by atoms with van der Waals surface area (Å²) in [7, 11) is 0. The number of hydrogen-bond acceptors (Lipinski definition) is 5. The first kappa shape index (κ1) is 21.2. The van der Waals surface area contributed by atoms with Gasteiger partial charge in [-0.3, -0.25) is 9.59 Å². The molecular formula is C21H20BrN3O3S. The fourth-order valence-corrected chi connectivity index (χ4v) is 4.75. The fraction of sp³-hybridized carbons (Fsp3) is 0.286. The molecule has 6 nitrogen and oxygen atoms in total. The van der Waals surface area contributed by atoms with Crippen LogP contribution < -0.4 is 10.6 Å². The SMILES string of the molecule is CCc1cc(Br)cc(C)c1NC(=O)CSC1=C(C#N)[C@@H](c2ccco2)CC(=O)N1. The molecule has 3 rings (SSSR count). The number of nitriles is 1. The van der Waals surface area contributed by atoms with Crippen LogP contribution in [0.5, 0.6) is 0 Å². The highest BCUT2D eigenvalue weighted by Gasteiger charge is 2.31. The Bertz CT molecular complexity index is 1010. The van der Waals surface area contributed by atoms with E-state index in [2.05, 4.69) is 32.6 Å². The first-order valence-electron chi connectivity index (χ1n) is 9.12. The van der Waals surface area contributed by atoms with Gasteiger partial charge in [0, 0.05) is 16.6 Å². The number of hydrogen-bond donors (Lipinski definition) is 2. The van der Waals surface area contributed by atoms with Crippen LogP contribution in [0.3, 0.4) is 0 Å². The van der Waals surface area contributed by atoms with Gasteiger partial charge in [-0.1, -0.05) is 34.6 Å². The van der Waals surface area contributed by atoms with Crippen molar-refractivity contribution in [3.05, 3.63) is 62.5 Å². The molecule has 1 aliphatic rings. The fourth-order valence-electron chi connectivity index (χ4n) is 3.25. The first-order valence-corrected chi connectivity index (χ1v) is 10.9. The smallest absolute Gasteiger partial charge is 0.234 e. The zero-order chi connectivity index (χ0) is 21.0. The van der Waals surface area contributed by atoms with Crippen molar-refractivity contribution in [3.63, 3.8) is 0 Å². The van der Waals surface area contributed by atoms with E-state index in [9.17, 15) is 14.9 Å². The zero-order valence-electron chi connectivity index (χ0n) is 16.0. The summed E-state index contributed by atoms with van der Waals surface area (Å²) in [6.45, 7) is 3.97. The van der Waals surface area contributed by atoms with Gasteiger partial charge in [-0.25, -0.2) is 0 Å². The lowest BCUT2D eigenvalue weighted by Gasteiger charge is -2.23. The molecule has 1 aromatic carbocycles. The number of nitrogens with one attached hydrogen (secondary N) is 2. The number of thioether (sulfide) groups is 1. The first-order chi connectivity index (χ1) is 13.9. The average molecular weight is 474 g/mol. The molecule has 2 N–H and O–H groups in total. The maximum atomic E-state index is 12.6.